The average Bonchev–Trinajstić information content (AvgIpc) is 2.22. The molecule has 1 saturated heterocycles. The van der Waals surface area contributed by atoms with Crippen LogP contribution in [0.1, 0.15) is 33.6 Å². The Balaban J connectivity index is 2.42. The summed E-state index contributed by atoms with van der Waals surface area (Å²) < 4.78 is 5.59. The Kier molecular flexibility index (Phi) is 5.10. The van der Waals surface area contributed by atoms with Gasteiger partial charge in [0.1, 0.15) is 6.04 Å². The lowest BCUT2D eigenvalue weighted by Crippen LogP contribution is -2.51. The van der Waals surface area contributed by atoms with Gasteiger partial charge in [-0.1, -0.05) is 0 Å². The van der Waals surface area contributed by atoms with Gasteiger partial charge in [0.25, 0.3) is 0 Å². The second-order valence-electron chi connectivity index (χ2n) is 5.30. The summed E-state index contributed by atoms with van der Waals surface area (Å²) in [7, 11) is 0. The lowest BCUT2D eigenvalue weighted by Gasteiger charge is -2.36. The van der Waals surface area contributed by atoms with E-state index in [1.54, 1.807) is 0 Å². The number of aliphatic carboxylic acids is 1. The van der Waals surface area contributed by atoms with E-state index in [1.807, 2.05) is 13.8 Å². The van der Waals surface area contributed by atoms with Gasteiger partial charge in [-0.25, -0.2) is 4.79 Å². The zero-order valence-corrected chi connectivity index (χ0v) is 11.2. The Morgan fingerprint density at radius 1 is 1.50 bits per heavy atom. The average molecular weight is 258 g/mol. The van der Waals surface area contributed by atoms with E-state index < -0.39 is 12.0 Å². The van der Waals surface area contributed by atoms with E-state index in [-0.39, 0.29) is 24.1 Å². The second kappa shape index (κ2) is 6.15. The SMILES string of the molecule is CC(=O)NC(CNC1CCOC(C)(C)C1)C(=O)O. The Labute approximate surface area is 107 Å². The van der Waals surface area contributed by atoms with Gasteiger partial charge in [0, 0.05) is 26.1 Å². The molecule has 2 atom stereocenters. The topological polar surface area (TPSA) is 87.7 Å². The number of carboxylic acid groups (broad SMARTS) is 1. The molecule has 1 amide bonds. The first-order chi connectivity index (χ1) is 8.30. The molecule has 0 aromatic rings. The number of hydrogen-bond acceptors (Lipinski definition) is 4. The molecule has 6 nitrogen and oxygen atoms in total. The number of ether oxygens (including phenoxy) is 1. The van der Waals surface area contributed by atoms with Crippen LogP contribution in [-0.4, -0.2) is 47.8 Å². The quantitative estimate of drug-likeness (QED) is 0.652. The van der Waals surface area contributed by atoms with Crippen LogP contribution >= 0.6 is 0 Å². The standard InChI is InChI=1S/C12H22N2O4/c1-8(15)14-10(11(16)17)7-13-9-4-5-18-12(2,3)6-9/h9-10,13H,4-7H2,1-3H3,(H,14,15)(H,16,17). The molecule has 1 aliphatic rings. The molecule has 0 aliphatic carbocycles. The Hall–Kier alpha value is -1.14. The summed E-state index contributed by atoms with van der Waals surface area (Å²) >= 11 is 0. The molecule has 0 spiro atoms. The highest BCUT2D eigenvalue weighted by Gasteiger charge is 2.29. The molecule has 0 saturated carbocycles. The van der Waals surface area contributed by atoms with Crippen LogP contribution < -0.4 is 10.6 Å². The van der Waals surface area contributed by atoms with Crippen molar-refractivity contribution in [2.75, 3.05) is 13.2 Å². The molecule has 104 valence electrons. The summed E-state index contributed by atoms with van der Waals surface area (Å²) in [5, 5.41) is 14.6. The molecule has 0 aromatic heterocycles. The zero-order chi connectivity index (χ0) is 13.8. The maximum absolute atomic E-state index is 11.0. The van der Waals surface area contributed by atoms with E-state index >= 15 is 0 Å². The van der Waals surface area contributed by atoms with E-state index in [9.17, 15) is 9.59 Å². The summed E-state index contributed by atoms with van der Waals surface area (Å²) in [6.45, 7) is 6.25. The minimum absolute atomic E-state index is 0.178. The van der Waals surface area contributed by atoms with Crippen molar-refractivity contribution in [1.82, 2.24) is 10.6 Å². The Bertz CT molecular complexity index is 317. The lowest BCUT2D eigenvalue weighted by atomic mass is 9.94. The van der Waals surface area contributed by atoms with Crippen molar-refractivity contribution in [3.8, 4) is 0 Å². The van der Waals surface area contributed by atoms with Crippen LogP contribution in [0.15, 0.2) is 0 Å². The van der Waals surface area contributed by atoms with Crippen molar-refractivity contribution in [3.05, 3.63) is 0 Å². The minimum atomic E-state index is -1.02. The molecule has 1 rings (SSSR count). The van der Waals surface area contributed by atoms with Crippen molar-refractivity contribution in [3.63, 3.8) is 0 Å². The predicted molar refractivity (Wildman–Crippen MR) is 66.3 cm³/mol. The van der Waals surface area contributed by atoms with Crippen LogP contribution in [0.4, 0.5) is 0 Å². The predicted octanol–water partition coefficient (Wildman–Crippen LogP) is 0.123. The van der Waals surface area contributed by atoms with Gasteiger partial charge in [-0.05, 0) is 26.7 Å². The van der Waals surface area contributed by atoms with Gasteiger partial charge in [0.2, 0.25) is 5.91 Å². The third-order valence-corrected chi connectivity index (χ3v) is 2.98. The first-order valence-electron chi connectivity index (χ1n) is 6.17. The van der Waals surface area contributed by atoms with Gasteiger partial charge >= 0.3 is 5.97 Å². The van der Waals surface area contributed by atoms with Crippen LogP contribution in [0.2, 0.25) is 0 Å². The molecular weight excluding hydrogens is 236 g/mol. The highest BCUT2D eigenvalue weighted by Crippen LogP contribution is 2.23. The molecule has 1 aliphatic heterocycles. The number of carbonyl (C=O) groups excluding carboxylic acids is 1. The normalized spacial score (nSPS) is 24.3. The largest absolute Gasteiger partial charge is 0.480 e. The molecule has 6 heteroatoms. The molecule has 0 bridgehead atoms. The third-order valence-electron chi connectivity index (χ3n) is 2.98. The molecule has 2 unspecified atom stereocenters. The smallest absolute Gasteiger partial charge is 0.327 e. The highest BCUT2D eigenvalue weighted by molar-refractivity contribution is 5.82. The zero-order valence-electron chi connectivity index (χ0n) is 11.2. The summed E-state index contributed by atoms with van der Waals surface area (Å²) in [6.07, 6.45) is 1.69. The summed E-state index contributed by atoms with van der Waals surface area (Å²) in [6, 6.07) is -0.655. The van der Waals surface area contributed by atoms with E-state index in [0.717, 1.165) is 12.8 Å². The van der Waals surface area contributed by atoms with Crippen LogP contribution in [0.5, 0.6) is 0 Å². The summed E-state index contributed by atoms with van der Waals surface area (Å²) in [4.78, 5) is 21.8. The Morgan fingerprint density at radius 2 is 2.17 bits per heavy atom. The molecule has 0 radical (unpaired) electrons. The highest BCUT2D eigenvalue weighted by atomic mass is 16.5. The van der Waals surface area contributed by atoms with E-state index in [1.165, 1.54) is 6.92 Å². The monoisotopic (exact) mass is 258 g/mol. The van der Waals surface area contributed by atoms with E-state index in [0.29, 0.717) is 6.61 Å². The molecule has 0 aromatic carbocycles. The maximum atomic E-state index is 11.0. The van der Waals surface area contributed by atoms with Gasteiger partial charge in [0.05, 0.1) is 5.60 Å². The van der Waals surface area contributed by atoms with Gasteiger partial charge in [-0.2, -0.15) is 0 Å². The van der Waals surface area contributed by atoms with Crippen molar-refractivity contribution in [2.45, 2.75) is 51.3 Å². The van der Waals surface area contributed by atoms with Crippen LogP contribution in [-0.2, 0) is 14.3 Å². The van der Waals surface area contributed by atoms with Gasteiger partial charge < -0.3 is 20.5 Å². The van der Waals surface area contributed by atoms with Crippen molar-refractivity contribution in [1.29, 1.82) is 0 Å². The fourth-order valence-corrected chi connectivity index (χ4v) is 2.14. The molecule has 3 N–H and O–H groups in total. The fraction of sp³-hybridized carbons (Fsp3) is 0.833. The Morgan fingerprint density at radius 3 is 2.67 bits per heavy atom. The van der Waals surface area contributed by atoms with Gasteiger partial charge in [-0.15, -0.1) is 0 Å². The molecular formula is C12H22N2O4. The van der Waals surface area contributed by atoms with Gasteiger partial charge in [0.15, 0.2) is 0 Å². The van der Waals surface area contributed by atoms with Crippen molar-refractivity contribution < 1.29 is 19.4 Å². The van der Waals surface area contributed by atoms with E-state index in [2.05, 4.69) is 10.6 Å². The maximum Gasteiger partial charge on any atom is 0.327 e. The van der Waals surface area contributed by atoms with Crippen LogP contribution in [0.3, 0.4) is 0 Å². The van der Waals surface area contributed by atoms with E-state index in [4.69, 9.17) is 9.84 Å². The molecule has 1 heterocycles. The first kappa shape index (κ1) is 14.9. The number of carbonyl (C=O) groups is 2. The number of amides is 1. The summed E-state index contributed by atoms with van der Waals surface area (Å²) in [5.74, 6) is -1.36. The minimum Gasteiger partial charge on any atom is -0.480 e. The molecule has 1 fully saturated rings. The number of rotatable bonds is 5. The molecule has 18 heavy (non-hydrogen) atoms. The second-order valence-corrected chi connectivity index (χ2v) is 5.30. The van der Waals surface area contributed by atoms with Crippen molar-refractivity contribution in [2.24, 2.45) is 0 Å². The number of nitrogens with one attached hydrogen (secondary N) is 2. The first-order valence-corrected chi connectivity index (χ1v) is 6.17. The van der Waals surface area contributed by atoms with Crippen molar-refractivity contribution >= 4 is 11.9 Å². The fourth-order valence-electron chi connectivity index (χ4n) is 2.14. The third kappa shape index (κ3) is 5.01. The van der Waals surface area contributed by atoms with Crippen LogP contribution in [0.25, 0.3) is 0 Å². The lowest BCUT2D eigenvalue weighted by molar-refractivity contribution is -0.141. The van der Waals surface area contributed by atoms with Crippen LogP contribution in [0, 0.1) is 0 Å². The van der Waals surface area contributed by atoms with Gasteiger partial charge in [-0.3, -0.25) is 4.79 Å². The summed E-state index contributed by atoms with van der Waals surface area (Å²) in [5.41, 5.74) is -0.178. The number of carboxylic acids is 1. The number of hydrogen-bond donors (Lipinski definition) is 3.